The van der Waals surface area contributed by atoms with E-state index >= 15 is 0 Å². The van der Waals surface area contributed by atoms with E-state index in [2.05, 4.69) is 26.1 Å². The van der Waals surface area contributed by atoms with Crippen LogP contribution in [0.1, 0.15) is 12.1 Å². The van der Waals surface area contributed by atoms with Crippen molar-refractivity contribution in [2.75, 3.05) is 19.7 Å². The molecule has 5 heterocycles. The van der Waals surface area contributed by atoms with Crippen LogP contribution in [0.3, 0.4) is 0 Å². The van der Waals surface area contributed by atoms with E-state index in [1.165, 1.54) is 0 Å². The molecule has 0 aliphatic carbocycles. The maximum Gasteiger partial charge on any atom is 0.248 e. The molecule has 9 heteroatoms. The highest BCUT2D eigenvalue weighted by molar-refractivity contribution is 5.80. The summed E-state index contributed by atoms with van der Waals surface area (Å²) in [5.41, 5.74) is 3.77. The number of nitrogens with zero attached hydrogens (tertiary/aromatic N) is 5. The normalized spacial score (nSPS) is 19.7. The summed E-state index contributed by atoms with van der Waals surface area (Å²) in [4.78, 5) is 25.3. The van der Waals surface area contributed by atoms with Gasteiger partial charge in [0, 0.05) is 61.1 Å². The number of amides is 1. The van der Waals surface area contributed by atoms with E-state index in [1.54, 1.807) is 12.4 Å². The van der Waals surface area contributed by atoms with Crippen LogP contribution in [0.5, 0.6) is 11.6 Å². The van der Waals surface area contributed by atoms with E-state index < -0.39 is 6.61 Å². The topological polar surface area (TPSA) is 107 Å². The van der Waals surface area contributed by atoms with Crippen molar-refractivity contribution in [1.82, 2.24) is 30.0 Å². The highest BCUT2D eigenvalue weighted by atomic mass is 16.5. The average Bonchev–Trinajstić information content (AvgIpc) is 3.62. The second kappa shape index (κ2) is 8.51. The first-order valence-electron chi connectivity index (χ1n) is 11.3. The lowest BCUT2D eigenvalue weighted by atomic mass is 10.2. The van der Waals surface area contributed by atoms with Crippen LogP contribution in [0, 0.1) is 0 Å². The van der Waals surface area contributed by atoms with Crippen molar-refractivity contribution in [3.63, 3.8) is 0 Å². The van der Waals surface area contributed by atoms with E-state index in [0.717, 1.165) is 47.4 Å². The van der Waals surface area contributed by atoms with Gasteiger partial charge in [-0.15, -0.1) is 0 Å². The quantitative estimate of drug-likeness (QED) is 0.459. The minimum Gasteiger partial charge on any atom is -0.439 e. The number of benzene rings is 1. The second-order valence-corrected chi connectivity index (χ2v) is 8.79. The first-order chi connectivity index (χ1) is 16.7. The van der Waals surface area contributed by atoms with Gasteiger partial charge in [-0.2, -0.15) is 5.10 Å². The molecule has 6 rings (SSSR count). The number of H-pyrrole nitrogens is 1. The maximum absolute atomic E-state index is 11.8. The second-order valence-electron chi connectivity index (χ2n) is 8.79. The fraction of sp³-hybridized carbons (Fsp3) is 0.280. The van der Waals surface area contributed by atoms with Gasteiger partial charge >= 0.3 is 0 Å². The van der Waals surface area contributed by atoms with Crippen molar-refractivity contribution >= 4 is 16.8 Å². The lowest BCUT2D eigenvalue weighted by Crippen LogP contribution is -2.49. The van der Waals surface area contributed by atoms with Crippen molar-refractivity contribution in [2.24, 2.45) is 0 Å². The number of aromatic nitrogens is 4. The monoisotopic (exact) mass is 456 g/mol. The summed E-state index contributed by atoms with van der Waals surface area (Å²) in [7, 11) is 0. The van der Waals surface area contributed by atoms with Gasteiger partial charge in [-0.3, -0.25) is 19.8 Å². The van der Waals surface area contributed by atoms with Crippen molar-refractivity contribution in [3.8, 4) is 22.9 Å². The van der Waals surface area contributed by atoms with Gasteiger partial charge in [0.25, 0.3) is 0 Å². The molecular weight excluding hydrogens is 432 g/mol. The Balaban J connectivity index is 1.12. The Bertz CT molecular complexity index is 1320. The SMILES string of the molecule is O=C(CO)N1C[C@H]2C[C@@H]1CN2Cc1ccc2cc(Oc3ccc(-c4ccn[nH]4)cn3)ccc2n1. The lowest BCUT2D eigenvalue weighted by Gasteiger charge is -2.33. The Morgan fingerprint density at radius 1 is 1.12 bits per heavy atom. The Hall–Kier alpha value is -3.82. The molecule has 2 aliphatic heterocycles. The molecule has 1 amide bonds. The van der Waals surface area contributed by atoms with Crippen LogP contribution in [0.25, 0.3) is 22.2 Å². The summed E-state index contributed by atoms with van der Waals surface area (Å²) >= 11 is 0. The van der Waals surface area contributed by atoms with Crippen molar-refractivity contribution in [2.45, 2.75) is 25.0 Å². The van der Waals surface area contributed by atoms with Crippen molar-refractivity contribution in [1.29, 1.82) is 0 Å². The number of piperazine rings is 1. The molecule has 0 saturated carbocycles. The van der Waals surface area contributed by atoms with Crippen LogP contribution < -0.4 is 4.74 Å². The van der Waals surface area contributed by atoms with Crippen LogP contribution in [-0.2, 0) is 11.3 Å². The number of hydrogen-bond acceptors (Lipinski definition) is 7. The molecule has 2 bridgehead atoms. The number of aliphatic hydroxyl groups is 1. The number of aromatic amines is 1. The zero-order valence-corrected chi connectivity index (χ0v) is 18.5. The summed E-state index contributed by atoms with van der Waals surface area (Å²) in [6, 6.07) is 16.1. The average molecular weight is 457 g/mol. The van der Waals surface area contributed by atoms with E-state index in [4.69, 9.17) is 14.8 Å². The van der Waals surface area contributed by atoms with Crippen LogP contribution in [0.15, 0.2) is 60.9 Å². The predicted octanol–water partition coefficient (Wildman–Crippen LogP) is 2.59. The van der Waals surface area contributed by atoms with Crippen molar-refractivity contribution in [3.05, 3.63) is 66.6 Å². The summed E-state index contributed by atoms with van der Waals surface area (Å²) in [6.07, 6.45) is 4.43. The summed E-state index contributed by atoms with van der Waals surface area (Å²) in [5, 5.41) is 17.0. The van der Waals surface area contributed by atoms with Gasteiger partial charge in [0.15, 0.2) is 0 Å². The van der Waals surface area contributed by atoms with Gasteiger partial charge in [0.05, 0.1) is 16.9 Å². The third-order valence-electron chi connectivity index (χ3n) is 6.66. The molecule has 2 N–H and O–H groups in total. The Labute approximate surface area is 196 Å². The summed E-state index contributed by atoms with van der Waals surface area (Å²) in [5.74, 6) is 1.05. The number of aliphatic hydroxyl groups excluding tert-OH is 1. The first-order valence-corrected chi connectivity index (χ1v) is 11.3. The molecular formula is C25H24N6O3. The standard InChI is InChI=1S/C25H24N6O3/c32-15-25(33)31-14-19-10-20(31)13-30(19)12-18-3-1-16-9-21(4-5-22(16)28-18)34-24-6-2-17(11-26-24)23-7-8-27-29-23/h1-9,11,19-20,32H,10,12-15H2,(H,27,29)/t19-,20-/m1/s1. The molecule has 34 heavy (non-hydrogen) atoms. The first kappa shape index (κ1) is 20.8. The molecule has 1 aromatic carbocycles. The number of hydrogen-bond donors (Lipinski definition) is 2. The molecule has 2 fully saturated rings. The van der Waals surface area contributed by atoms with Gasteiger partial charge in [0.2, 0.25) is 11.8 Å². The number of fused-ring (bicyclic) bond motifs is 3. The molecule has 2 saturated heterocycles. The zero-order chi connectivity index (χ0) is 23.1. The largest absolute Gasteiger partial charge is 0.439 e. The number of rotatable bonds is 6. The van der Waals surface area contributed by atoms with E-state index in [0.29, 0.717) is 24.2 Å². The Morgan fingerprint density at radius 3 is 2.79 bits per heavy atom. The van der Waals surface area contributed by atoms with Gasteiger partial charge in [-0.1, -0.05) is 6.07 Å². The third kappa shape index (κ3) is 3.89. The minimum atomic E-state index is -0.409. The fourth-order valence-corrected chi connectivity index (χ4v) is 4.98. The molecule has 0 radical (unpaired) electrons. The Kier molecular flexibility index (Phi) is 5.20. The van der Waals surface area contributed by atoms with Crippen LogP contribution in [-0.4, -0.2) is 72.8 Å². The van der Waals surface area contributed by atoms with Gasteiger partial charge in [-0.05, 0) is 42.8 Å². The Morgan fingerprint density at radius 2 is 2.06 bits per heavy atom. The fourth-order valence-electron chi connectivity index (χ4n) is 4.98. The number of ether oxygens (including phenoxy) is 1. The van der Waals surface area contributed by atoms with Gasteiger partial charge in [0.1, 0.15) is 12.4 Å². The number of carbonyl (C=O) groups is 1. The van der Waals surface area contributed by atoms with E-state index in [1.807, 2.05) is 47.4 Å². The van der Waals surface area contributed by atoms with Gasteiger partial charge in [-0.25, -0.2) is 4.98 Å². The van der Waals surface area contributed by atoms with E-state index in [9.17, 15) is 4.79 Å². The van der Waals surface area contributed by atoms with Gasteiger partial charge < -0.3 is 14.7 Å². The molecule has 9 nitrogen and oxygen atoms in total. The molecule has 0 spiro atoms. The highest BCUT2D eigenvalue weighted by Gasteiger charge is 2.44. The molecule has 2 aliphatic rings. The summed E-state index contributed by atoms with van der Waals surface area (Å²) in [6.45, 7) is 1.86. The zero-order valence-electron chi connectivity index (χ0n) is 18.5. The van der Waals surface area contributed by atoms with Crippen molar-refractivity contribution < 1.29 is 14.6 Å². The highest BCUT2D eigenvalue weighted by Crippen LogP contribution is 2.32. The number of nitrogens with one attached hydrogen (secondary N) is 1. The van der Waals surface area contributed by atoms with E-state index in [-0.39, 0.29) is 11.9 Å². The van der Waals surface area contributed by atoms with Crippen LogP contribution in [0.4, 0.5) is 0 Å². The predicted molar refractivity (Wildman–Crippen MR) is 125 cm³/mol. The third-order valence-corrected chi connectivity index (χ3v) is 6.66. The molecule has 172 valence electrons. The minimum absolute atomic E-state index is 0.169. The molecule has 0 unspecified atom stereocenters. The number of pyridine rings is 2. The number of likely N-dealkylation sites (tertiary alicyclic amines) is 2. The molecule has 3 aromatic heterocycles. The summed E-state index contributed by atoms with van der Waals surface area (Å²) < 4.78 is 5.95. The maximum atomic E-state index is 11.8. The lowest BCUT2D eigenvalue weighted by molar-refractivity contribution is -0.136. The molecule has 4 aromatic rings. The van der Waals surface area contributed by atoms with Crippen LogP contribution >= 0.6 is 0 Å². The number of carbonyl (C=O) groups excluding carboxylic acids is 1. The molecule has 2 atom stereocenters. The smallest absolute Gasteiger partial charge is 0.248 e. The van der Waals surface area contributed by atoms with Crippen LogP contribution in [0.2, 0.25) is 0 Å².